The SMILES string of the molecule is Cc1ccccc1NC(=O)c1cncc(Nc2ccc3c(c2)OCCO3)c1. The lowest BCUT2D eigenvalue weighted by molar-refractivity contribution is 0.102. The first-order valence-electron chi connectivity index (χ1n) is 8.68. The first-order chi connectivity index (χ1) is 13.2. The van der Waals surface area contributed by atoms with Crippen LogP contribution in [-0.2, 0) is 0 Å². The van der Waals surface area contributed by atoms with Crippen LogP contribution < -0.4 is 20.1 Å². The number of pyridine rings is 1. The van der Waals surface area contributed by atoms with E-state index in [9.17, 15) is 4.79 Å². The van der Waals surface area contributed by atoms with E-state index in [1.807, 2.05) is 49.4 Å². The molecular formula is C21H19N3O3. The summed E-state index contributed by atoms with van der Waals surface area (Å²) < 4.78 is 11.1. The maximum atomic E-state index is 12.5. The predicted molar refractivity (Wildman–Crippen MR) is 104 cm³/mol. The number of aromatic nitrogens is 1. The van der Waals surface area contributed by atoms with Crippen molar-refractivity contribution >= 4 is 23.0 Å². The summed E-state index contributed by atoms with van der Waals surface area (Å²) in [5.74, 6) is 1.23. The van der Waals surface area contributed by atoms with Gasteiger partial charge in [0.15, 0.2) is 11.5 Å². The van der Waals surface area contributed by atoms with Gasteiger partial charge < -0.3 is 20.1 Å². The second kappa shape index (κ2) is 7.37. The first-order valence-corrected chi connectivity index (χ1v) is 8.68. The van der Waals surface area contributed by atoms with E-state index in [-0.39, 0.29) is 5.91 Å². The topological polar surface area (TPSA) is 72.5 Å². The molecule has 0 bridgehead atoms. The minimum absolute atomic E-state index is 0.206. The highest BCUT2D eigenvalue weighted by Crippen LogP contribution is 2.33. The van der Waals surface area contributed by atoms with Gasteiger partial charge in [-0.1, -0.05) is 18.2 Å². The number of ether oxygens (including phenoxy) is 2. The fourth-order valence-electron chi connectivity index (χ4n) is 2.83. The molecule has 6 nitrogen and oxygen atoms in total. The second-order valence-electron chi connectivity index (χ2n) is 6.21. The number of hydrogen-bond acceptors (Lipinski definition) is 5. The largest absolute Gasteiger partial charge is 0.486 e. The van der Waals surface area contributed by atoms with Crippen LogP contribution in [0, 0.1) is 6.92 Å². The lowest BCUT2D eigenvalue weighted by Gasteiger charge is -2.19. The molecule has 0 radical (unpaired) electrons. The summed E-state index contributed by atoms with van der Waals surface area (Å²) in [6, 6.07) is 15.0. The molecule has 1 aromatic heterocycles. The van der Waals surface area contributed by atoms with Crippen LogP contribution in [0.4, 0.5) is 17.1 Å². The average molecular weight is 361 g/mol. The summed E-state index contributed by atoms with van der Waals surface area (Å²) >= 11 is 0. The van der Waals surface area contributed by atoms with Gasteiger partial charge in [0.05, 0.1) is 17.4 Å². The van der Waals surface area contributed by atoms with E-state index in [2.05, 4.69) is 15.6 Å². The molecule has 1 aliphatic rings. The zero-order valence-electron chi connectivity index (χ0n) is 14.9. The third-order valence-corrected chi connectivity index (χ3v) is 4.22. The van der Waals surface area contributed by atoms with E-state index in [0.29, 0.717) is 30.2 Å². The van der Waals surface area contributed by atoms with Gasteiger partial charge in [0.1, 0.15) is 13.2 Å². The van der Waals surface area contributed by atoms with Gasteiger partial charge in [-0.25, -0.2) is 0 Å². The number of nitrogens with zero attached hydrogens (tertiary/aromatic N) is 1. The quantitative estimate of drug-likeness (QED) is 0.730. The number of aryl methyl sites for hydroxylation is 1. The van der Waals surface area contributed by atoms with Gasteiger partial charge in [0, 0.05) is 23.6 Å². The van der Waals surface area contributed by atoms with Crippen molar-refractivity contribution in [3.8, 4) is 11.5 Å². The smallest absolute Gasteiger partial charge is 0.257 e. The van der Waals surface area contributed by atoms with Crippen LogP contribution in [0.25, 0.3) is 0 Å². The molecule has 2 heterocycles. The standard InChI is InChI=1S/C21H19N3O3/c1-14-4-2-3-5-18(14)24-21(25)15-10-17(13-22-12-15)23-16-6-7-19-20(11-16)27-9-8-26-19/h2-7,10-13,23H,8-9H2,1H3,(H,24,25). The maximum Gasteiger partial charge on any atom is 0.257 e. The average Bonchev–Trinajstić information content (AvgIpc) is 2.70. The van der Waals surface area contributed by atoms with Crippen molar-refractivity contribution in [3.63, 3.8) is 0 Å². The zero-order valence-corrected chi connectivity index (χ0v) is 14.9. The number of fused-ring (bicyclic) bond motifs is 1. The molecular weight excluding hydrogens is 342 g/mol. The molecule has 0 aliphatic carbocycles. The highest BCUT2D eigenvalue weighted by molar-refractivity contribution is 6.05. The van der Waals surface area contributed by atoms with Crippen molar-refractivity contribution in [2.45, 2.75) is 6.92 Å². The molecule has 0 spiro atoms. The molecule has 27 heavy (non-hydrogen) atoms. The van der Waals surface area contributed by atoms with Gasteiger partial charge in [0.2, 0.25) is 0 Å². The summed E-state index contributed by atoms with van der Waals surface area (Å²) in [6.45, 7) is 3.04. The fraction of sp³-hybridized carbons (Fsp3) is 0.143. The number of nitrogens with one attached hydrogen (secondary N) is 2. The Kier molecular flexibility index (Phi) is 4.61. The third-order valence-electron chi connectivity index (χ3n) is 4.22. The Labute approximate surface area is 157 Å². The second-order valence-corrected chi connectivity index (χ2v) is 6.21. The van der Waals surface area contributed by atoms with Crippen LogP contribution in [0.3, 0.4) is 0 Å². The van der Waals surface area contributed by atoms with E-state index >= 15 is 0 Å². The molecule has 136 valence electrons. The Bertz CT molecular complexity index is 988. The van der Waals surface area contributed by atoms with E-state index in [4.69, 9.17) is 9.47 Å². The Morgan fingerprint density at radius 2 is 1.78 bits per heavy atom. The van der Waals surface area contributed by atoms with Crippen LogP contribution >= 0.6 is 0 Å². The van der Waals surface area contributed by atoms with Gasteiger partial charge in [-0.2, -0.15) is 0 Å². The molecule has 4 rings (SSSR count). The number of anilines is 3. The van der Waals surface area contributed by atoms with Gasteiger partial charge >= 0.3 is 0 Å². The molecule has 2 aromatic carbocycles. The Morgan fingerprint density at radius 1 is 0.963 bits per heavy atom. The minimum atomic E-state index is -0.206. The Balaban J connectivity index is 1.51. The van der Waals surface area contributed by atoms with Crippen molar-refractivity contribution in [3.05, 3.63) is 72.1 Å². The minimum Gasteiger partial charge on any atom is -0.486 e. The van der Waals surface area contributed by atoms with E-state index in [1.54, 1.807) is 18.5 Å². The zero-order chi connectivity index (χ0) is 18.6. The van der Waals surface area contributed by atoms with Crippen molar-refractivity contribution in [2.24, 2.45) is 0 Å². The van der Waals surface area contributed by atoms with Crippen molar-refractivity contribution in [1.82, 2.24) is 4.98 Å². The molecule has 0 atom stereocenters. The molecule has 0 saturated heterocycles. The molecule has 3 aromatic rings. The molecule has 1 amide bonds. The summed E-state index contributed by atoms with van der Waals surface area (Å²) in [7, 11) is 0. The summed E-state index contributed by atoms with van der Waals surface area (Å²) in [6.07, 6.45) is 3.21. The number of hydrogen-bond donors (Lipinski definition) is 2. The monoisotopic (exact) mass is 361 g/mol. The Morgan fingerprint density at radius 3 is 2.63 bits per heavy atom. The van der Waals surface area contributed by atoms with Gasteiger partial charge in [-0.3, -0.25) is 9.78 Å². The van der Waals surface area contributed by atoms with E-state index < -0.39 is 0 Å². The van der Waals surface area contributed by atoms with Crippen LogP contribution in [0.15, 0.2) is 60.9 Å². The summed E-state index contributed by atoms with van der Waals surface area (Å²) in [5.41, 5.74) is 3.81. The van der Waals surface area contributed by atoms with Crippen LogP contribution in [0.1, 0.15) is 15.9 Å². The van der Waals surface area contributed by atoms with E-state index in [0.717, 1.165) is 22.7 Å². The fourth-order valence-corrected chi connectivity index (χ4v) is 2.83. The Hall–Kier alpha value is -3.54. The number of benzene rings is 2. The lowest BCUT2D eigenvalue weighted by atomic mass is 10.2. The number of para-hydroxylation sites is 1. The maximum absolute atomic E-state index is 12.5. The van der Waals surface area contributed by atoms with Gasteiger partial charge in [-0.05, 0) is 36.8 Å². The first kappa shape index (κ1) is 16.9. The number of amides is 1. The van der Waals surface area contributed by atoms with Crippen LogP contribution in [0.2, 0.25) is 0 Å². The molecule has 2 N–H and O–H groups in total. The van der Waals surface area contributed by atoms with Gasteiger partial charge in [0.25, 0.3) is 5.91 Å². The summed E-state index contributed by atoms with van der Waals surface area (Å²) in [5, 5.41) is 6.16. The number of rotatable bonds is 4. The molecule has 0 saturated carbocycles. The van der Waals surface area contributed by atoms with Gasteiger partial charge in [-0.15, -0.1) is 0 Å². The summed E-state index contributed by atoms with van der Waals surface area (Å²) in [4.78, 5) is 16.7. The molecule has 1 aliphatic heterocycles. The molecule has 0 fully saturated rings. The number of carbonyl (C=O) groups excluding carboxylic acids is 1. The predicted octanol–water partition coefficient (Wildman–Crippen LogP) is 4.16. The van der Waals surface area contributed by atoms with Crippen molar-refractivity contribution < 1.29 is 14.3 Å². The van der Waals surface area contributed by atoms with Crippen LogP contribution in [-0.4, -0.2) is 24.1 Å². The molecule has 0 unspecified atom stereocenters. The lowest BCUT2D eigenvalue weighted by Crippen LogP contribution is -2.15. The highest BCUT2D eigenvalue weighted by Gasteiger charge is 2.13. The highest BCUT2D eigenvalue weighted by atomic mass is 16.6. The van der Waals surface area contributed by atoms with Crippen molar-refractivity contribution in [2.75, 3.05) is 23.8 Å². The molecule has 6 heteroatoms. The normalized spacial score (nSPS) is 12.3. The van der Waals surface area contributed by atoms with E-state index in [1.165, 1.54) is 0 Å². The van der Waals surface area contributed by atoms with Crippen LogP contribution in [0.5, 0.6) is 11.5 Å². The third kappa shape index (κ3) is 3.84. The number of carbonyl (C=O) groups is 1. The van der Waals surface area contributed by atoms with Crippen molar-refractivity contribution in [1.29, 1.82) is 0 Å².